The second kappa shape index (κ2) is 8.67. The summed E-state index contributed by atoms with van der Waals surface area (Å²) >= 11 is 6.08. The Bertz CT molecular complexity index is 889. The molecule has 1 unspecified atom stereocenters. The monoisotopic (exact) mass is 434 g/mol. The lowest BCUT2D eigenvalue weighted by Crippen LogP contribution is -2.56. The van der Waals surface area contributed by atoms with Crippen molar-refractivity contribution in [1.82, 2.24) is 15.0 Å². The first-order valence-electron chi connectivity index (χ1n) is 9.96. The fraction of sp³-hybridized carbons (Fsp3) is 0.500. The number of benzene rings is 1. The van der Waals surface area contributed by atoms with Crippen LogP contribution in [0.4, 0.5) is 10.2 Å². The van der Waals surface area contributed by atoms with Crippen molar-refractivity contribution in [2.24, 2.45) is 5.92 Å². The third kappa shape index (κ3) is 3.87. The maximum Gasteiger partial charge on any atom is 0.376 e. The molecule has 160 valence electrons. The summed E-state index contributed by atoms with van der Waals surface area (Å²) in [6.45, 7) is 2.47. The van der Waals surface area contributed by atoms with E-state index in [0.29, 0.717) is 28.8 Å². The van der Waals surface area contributed by atoms with Gasteiger partial charge in [-0.1, -0.05) is 11.6 Å². The first-order chi connectivity index (χ1) is 14.4. The highest BCUT2D eigenvalue weighted by Crippen LogP contribution is 2.43. The van der Waals surface area contributed by atoms with Gasteiger partial charge in [-0.15, -0.1) is 10.2 Å². The molecule has 2 aliphatic rings. The lowest BCUT2D eigenvalue weighted by atomic mass is 9.81. The minimum Gasteiger partial charge on any atom is -0.467 e. The van der Waals surface area contributed by atoms with Crippen molar-refractivity contribution in [3.63, 3.8) is 0 Å². The normalized spacial score (nSPS) is 25.5. The molecule has 30 heavy (non-hydrogen) atoms. The summed E-state index contributed by atoms with van der Waals surface area (Å²) < 4.78 is 25.7. The van der Waals surface area contributed by atoms with Crippen LogP contribution in [0.5, 0.6) is 5.75 Å². The first kappa shape index (κ1) is 21.3. The second-order valence-corrected chi connectivity index (χ2v) is 8.34. The Kier molecular flexibility index (Phi) is 6.15. The number of ether oxygens (including phenoxy) is 2. The molecule has 1 N–H and O–H groups in total. The van der Waals surface area contributed by atoms with Crippen molar-refractivity contribution in [2.45, 2.75) is 31.5 Å². The Hall–Kier alpha value is -1.94. The summed E-state index contributed by atoms with van der Waals surface area (Å²) in [6, 6.07) is 8.43. The molecular formula is C20H25BClFN4O3. The summed E-state index contributed by atoms with van der Waals surface area (Å²) in [5.74, 6) is 1.31. The molecule has 2 aromatic rings. The molecule has 4 rings (SSSR count). The van der Waals surface area contributed by atoms with Gasteiger partial charge >= 0.3 is 7.05 Å². The summed E-state index contributed by atoms with van der Waals surface area (Å²) in [5.41, 5.74) is 1.37. The number of hydrogen-bond donors (Lipinski definition) is 1. The number of methoxy groups -OCH3 is 1. The largest absolute Gasteiger partial charge is 0.467 e. The molecule has 0 amide bonds. The molecule has 1 aromatic carbocycles. The lowest BCUT2D eigenvalue weighted by molar-refractivity contribution is 0.0515. The number of aromatic nitrogens is 2. The molecule has 1 saturated carbocycles. The van der Waals surface area contributed by atoms with Gasteiger partial charge in [0.1, 0.15) is 11.9 Å². The Morgan fingerprint density at radius 2 is 2.13 bits per heavy atom. The average Bonchev–Trinajstić information content (AvgIpc) is 3.30. The van der Waals surface area contributed by atoms with Crippen molar-refractivity contribution in [2.75, 3.05) is 32.4 Å². The predicted molar refractivity (Wildman–Crippen MR) is 115 cm³/mol. The maximum atomic E-state index is 15.1. The number of nitrogens with zero attached hydrogens (tertiary/aromatic N) is 4. The van der Waals surface area contributed by atoms with Crippen LogP contribution in [0.1, 0.15) is 6.42 Å². The zero-order valence-corrected chi connectivity index (χ0v) is 18.0. The molecular weight excluding hydrogens is 410 g/mol. The second-order valence-electron chi connectivity index (χ2n) is 7.91. The van der Waals surface area contributed by atoms with E-state index in [1.54, 1.807) is 26.1 Å². The van der Waals surface area contributed by atoms with Gasteiger partial charge in [-0.25, -0.2) is 4.39 Å². The maximum absolute atomic E-state index is 15.1. The van der Waals surface area contributed by atoms with E-state index in [2.05, 4.69) is 10.2 Å². The minimum atomic E-state index is -1.05. The number of halogens is 2. The highest BCUT2D eigenvalue weighted by Gasteiger charge is 2.55. The van der Waals surface area contributed by atoms with Crippen LogP contribution in [0.2, 0.25) is 11.8 Å². The van der Waals surface area contributed by atoms with Crippen LogP contribution in [-0.4, -0.2) is 72.8 Å². The molecule has 10 heteroatoms. The predicted octanol–water partition coefficient (Wildman–Crippen LogP) is 2.74. The van der Waals surface area contributed by atoms with E-state index in [9.17, 15) is 5.02 Å². The van der Waals surface area contributed by atoms with E-state index in [-0.39, 0.29) is 24.8 Å². The van der Waals surface area contributed by atoms with Gasteiger partial charge in [0.25, 0.3) is 0 Å². The van der Waals surface area contributed by atoms with Crippen molar-refractivity contribution >= 4 is 24.5 Å². The molecule has 1 aromatic heterocycles. The van der Waals surface area contributed by atoms with Gasteiger partial charge in [-0.3, -0.25) is 0 Å². The zero-order chi connectivity index (χ0) is 21.4. The van der Waals surface area contributed by atoms with Crippen molar-refractivity contribution in [1.29, 1.82) is 0 Å². The van der Waals surface area contributed by atoms with Gasteiger partial charge in [-0.2, -0.15) is 0 Å². The Morgan fingerprint density at radius 3 is 2.77 bits per heavy atom. The minimum absolute atomic E-state index is 0.0905. The molecule has 1 aliphatic heterocycles. The van der Waals surface area contributed by atoms with Gasteiger partial charge in [0.2, 0.25) is 0 Å². The molecule has 0 radical (unpaired) electrons. The molecule has 2 bridgehead atoms. The zero-order valence-electron chi connectivity index (χ0n) is 17.2. The van der Waals surface area contributed by atoms with Crippen LogP contribution in [0.15, 0.2) is 30.3 Å². The SMILES string of the molecule is COCOc1cc(Cl)ccc1-c1ccc(N(C)[C@H]2C3C[C@@H]([C@H]2F)N(B(C)O)C3)nn1. The quantitative estimate of drug-likeness (QED) is 0.531. The van der Waals surface area contributed by atoms with Crippen molar-refractivity contribution in [3.8, 4) is 17.0 Å². The van der Waals surface area contributed by atoms with Gasteiger partial charge < -0.3 is 24.2 Å². The number of alkyl halides is 1. The molecule has 1 saturated heterocycles. The van der Waals surface area contributed by atoms with Crippen LogP contribution in [0, 0.1) is 5.92 Å². The van der Waals surface area contributed by atoms with Gasteiger partial charge in [0.15, 0.2) is 12.6 Å². The number of fused-ring (bicyclic) bond motifs is 2. The molecule has 0 spiro atoms. The smallest absolute Gasteiger partial charge is 0.376 e. The number of anilines is 1. The van der Waals surface area contributed by atoms with Crippen LogP contribution in [0.3, 0.4) is 0 Å². The first-order valence-corrected chi connectivity index (χ1v) is 10.3. The summed E-state index contributed by atoms with van der Waals surface area (Å²) in [5, 5.41) is 19.1. The van der Waals surface area contributed by atoms with Crippen molar-refractivity contribution in [3.05, 3.63) is 35.4 Å². The molecule has 7 nitrogen and oxygen atoms in total. The standard InChI is InChI=1S/C20H25BClFN4O3/c1-21(28)27-10-12-8-16(27)19(23)20(12)26(2)18-7-6-15(24-25-18)14-5-4-13(22)9-17(14)30-11-29-3/h4-7,9,12,16,19-20,28H,8,10-11H2,1-3H3/t12?,16-,19+,20-/m0/s1. The average molecular weight is 435 g/mol. The van der Waals surface area contributed by atoms with Crippen LogP contribution >= 0.6 is 11.6 Å². The number of hydrogen-bond acceptors (Lipinski definition) is 7. The van der Waals surface area contributed by atoms with Gasteiger partial charge in [0.05, 0.1) is 11.7 Å². The van der Waals surface area contributed by atoms with E-state index >= 15 is 4.39 Å². The Labute approximate surface area is 180 Å². The van der Waals surface area contributed by atoms with E-state index < -0.39 is 13.2 Å². The Morgan fingerprint density at radius 1 is 1.33 bits per heavy atom. The molecule has 1 aliphatic carbocycles. The fourth-order valence-corrected chi connectivity index (χ4v) is 4.86. The number of piperidine rings is 1. The van der Waals surface area contributed by atoms with Crippen LogP contribution in [-0.2, 0) is 4.74 Å². The lowest BCUT2D eigenvalue weighted by Gasteiger charge is -2.39. The third-order valence-electron chi connectivity index (χ3n) is 6.08. The van der Waals surface area contributed by atoms with Crippen LogP contribution < -0.4 is 9.64 Å². The van der Waals surface area contributed by atoms with E-state index in [0.717, 1.165) is 12.0 Å². The van der Waals surface area contributed by atoms with Crippen molar-refractivity contribution < 1.29 is 18.9 Å². The molecule has 2 fully saturated rings. The highest BCUT2D eigenvalue weighted by atomic mass is 35.5. The van der Waals surface area contributed by atoms with Crippen LogP contribution in [0.25, 0.3) is 11.3 Å². The number of rotatable bonds is 7. The van der Waals surface area contributed by atoms with Gasteiger partial charge in [-0.05, 0) is 56.0 Å². The molecule has 2 heterocycles. The Balaban J connectivity index is 1.52. The summed E-state index contributed by atoms with van der Waals surface area (Å²) in [7, 11) is 2.77. The summed E-state index contributed by atoms with van der Waals surface area (Å²) in [6.07, 6.45) is -0.299. The fourth-order valence-electron chi connectivity index (χ4n) is 4.69. The topological polar surface area (TPSA) is 71.0 Å². The molecule has 4 atom stereocenters. The third-order valence-corrected chi connectivity index (χ3v) is 6.32. The van der Waals surface area contributed by atoms with E-state index in [4.69, 9.17) is 21.1 Å². The van der Waals surface area contributed by atoms with Gasteiger partial charge in [0, 0.05) is 30.8 Å². The summed E-state index contributed by atoms with van der Waals surface area (Å²) in [4.78, 5) is 3.71. The van der Waals surface area contributed by atoms with E-state index in [1.165, 1.54) is 0 Å². The van der Waals surface area contributed by atoms with E-state index in [1.807, 2.05) is 35.0 Å². The highest BCUT2D eigenvalue weighted by molar-refractivity contribution is 6.45.